The van der Waals surface area contributed by atoms with Crippen molar-refractivity contribution in [3.63, 3.8) is 0 Å². The Labute approximate surface area is 138 Å². The van der Waals surface area contributed by atoms with Crippen LogP contribution in [0.5, 0.6) is 5.75 Å². The first-order valence-corrected chi connectivity index (χ1v) is 8.28. The minimum absolute atomic E-state index is 0.363. The molecule has 0 radical (unpaired) electrons. The molecule has 2 N–H and O–H groups in total. The predicted molar refractivity (Wildman–Crippen MR) is 95.8 cm³/mol. The molecule has 120 valence electrons. The largest absolute Gasteiger partial charge is 0.508 e. The number of rotatable bonds is 6. The number of anilines is 1. The topological polar surface area (TPSA) is 44.6 Å². The molecule has 1 aliphatic rings. The highest BCUT2D eigenvalue weighted by molar-refractivity contribution is 5.62. The van der Waals surface area contributed by atoms with E-state index >= 15 is 0 Å². The molecule has 0 spiro atoms. The number of nitrogens with one attached hydrogen (secondary N) is 1. The summed E-state index contributed by atoms with van der Waals surface area (Å²) in [7, 11) is 0. The lowest BCUT2D eigenvalue weighted by atomic mass is 9.90. The van der Waals surface area contributed by atoms with Crippen LogP contribution in [0, 0.1) is 17.8 Å². The van der Waals surface area contributed by atoms with E-state index in [1.165, 1.54) is 12.0 Å². The zero-order valence-corrected chi connectivity index (χ0v) is 13.7. The summed E-state index contributed by atoms with van der Waals surface area (Å²) in [6.45, 7) is 4.52. The molecule has 3 rings (SSSR count). The molecule has 2 aromatic rings. The molecule has 2 aromatic carbocycles. The number of nitrogens with zero attached hydrogens (tertiary/aromatic N) is 1. The molecule has 0 bridgehead atoms. The van der Waals surface area contributed by atoms with Crippen molar-refractivity contribution in [3.05, 3.63) is 60.2 Å². The van der Waals surface area contributed by atoms with Crippen molar-refractivity contribution in [2.45, 2.75) is 26.2 Å². The van der Waals surface area contributed by atoms with Crippen molar-refractivity contribution in [1.29, 1.82) is 0 Å². The van der Waals surface area contributed by atoms with Gasteiger partial charge < -0.3 is 5.11 Å². The smallest absolute Gasteiger partial charge is 0.115 e. The van der Waals surface area contributed by atoms with Crippen molar-refractivity contribution in [1.82, 2.24) is 0 Å². The summed E-state index contributed by atoms with van der Waals surface area (Å²) in [5.74, 6) is 2.61. The molecular weight excluding hydrogens is 284 g/mol. The molecule has 3 nitrogen and oxygen atoms in total. The predicted octanol–water partition coefficient (Wildman–Crippen LogP) is 4.87. The Bertz CT molecular complexity index is 668. The summed E-state index contributed by atoms with van der Waals surface area (Å²) in [6, 6.07) is 17.7. The lowest BCUT2D eigenvalue weighted by Crippen LogP contribution is -2.13. The van der Waals surface area contributed by atoms with Gasteiger partial charge in [-0.3, -0.25) is 5.43 Å². The fraction of sp³-hybridized carbons (Fsp3) is 0.350. The second kappa shape index (κ2) is 6.86. The van der Waals surface area contributed by atoms with E-state index in [0.29, 0.717) is 29.4 Å². The molecule has 1 saturated carbocycles. The maximum atomic E-state index is 9.62. The maximum Gasteiger partial charge on any atom is 0.115 e. The van der Waals surface area contributed by atoms with Crippen LogP contribution in [-0.4, -0.2) is 11.3 Å². The first-order valence-electron chi connectivity index (χ1n) is 8.28. The summed E-state index contributed by atoms with van der Waals surface area (Å²) < 4.78 is 0. The van der Waals surface area contributed by atoms with Crippen molar-refractivity contribution in [2.24, 2.45) is 22.9 Å². The van der Waals surface area contributed by atoms with E-state index < -0.39 is 0 Å². The van der Waals surface area contributed by atoms with E-state index in [1.54, 1.807) is 6.07 Å². The monoisotopic (exact) mass is 308 g/mol. The van der Waals surface area contributed by atoms with Gasteiger partial charge in [-0.05, 0) is 59.9 Å². The van der Waals surface area contributed by atoms with E-state index in [4.69, 9.17) is 0 Å². The van der Waals surface area contributed by atoms with Crippen molar-refractivity contribution < 1.29 is 5.11 Å². The molecular formula is C20H24N2O. The van der Waals surface area contributed by atoms with Gasteiger partial charge in [0.25, 0.3) is 0 Å². The van der Waals surface area contributed by atoms with Crippen LogP contribution in [-0.2, 0) is 0 Å². The Morgan fingerprint density at radius 1 is 1.13 bits per heavy atom. The summed E-state index contributed by atoms with van der Waals surface area (Å²) in [4.78, 5) is 0. The van der Waals surface area contributed by atoms with Gasteiger partial charge in [-0.25, -0.2) is 0 Å². The molecule has 3 heteroatoms. The van der Waals surface area contributed by atoms with Crippen LogP contribution in [0.1, 0.15) is 31.7 Å². The third kappa shape index (κ3) is 3.92. The van der Waals surface area contributed by atoms with Gasteiger partial charge in [-0.1, -0.05) is 44.2 Å². The number of benzene rings is 2. The van der Waals surface area contributed by atoms with Crippen LogP contribution in [0.4, 0.5) is 5.69 Å². The van der Waals surface area contributed by atoms with Crippen LogP contribution in [0.15, 0.2) is 59.7 Å². The van der Waals surface area contributed by atoms with E-state index in [9.17, 15) is 5.11 Å². The number of hydrazone groups is 1. The lowest BCUT2D eigenvalue weighted by Gasteiger charge is -2.16. The summed E-state index contributed by atoms with van der Waals surface area (Å²) in [5.41, 5.74) is 5.34. The van der Waals surface area contributed by atoms with Gasteiger partial charge in [0.15, 0.2) is 0 Å². The lowest BCUT2D eigenvalue weighted by molar-refractivity contribution is 0.423. The number of para-hydroxylation sites is 1. The number of phenols is 1. The Balaban J connectivity index is 1.53. The zero-order chi connectivity index (χ0) is 16.2. The van der Waals surface area contributed by atoms with Crippen LogP contribution in [0.3, 0.4) is 0 Å². The average molecular weight is 308 g/mol. The Morgan fingerprint density at radius 2 is 1.91 bits per heavy atom. The van der Waals surface area contributed by atoms with E-state index in [-0.39, 0.29) is 0 Å². The molecule has 23 heavy (non-hydrogen) atoms. The molecule has 1 aliphatic carbocycles. The Hall–Kier alpha value is -2.29. The van der Waals surface area contributed by atoms with E-state index in [1.807, 2.05) is 48.7 Å². The Kier molecular flexibility index (Phi) is 4.65. The minimum atomic E-state index is 0.363. The van der Waals surface area contributed by atoms with Gasteiger partial charge in [0.1, 0.15) is 5.75 Å². The summed E-state index contributed by atoms with van der Waals surface area (Å²) in [6.07, 6.45) is 3.21. The van der Waals surface area contributed by atoms with Crippen LogP contribution in [0.2, 0.25) is 0 Å². The minimum Gasteiger partial charge on any atom is -0.508 e. The average Bonchev–Trinajstić information content (AvgIpc) is 3.36. The summed E-state index contributed by atoms with van der Waals surface area (Å²) >= 11 is 0. The highest BCUT2D eigenvalue weighted by Gasteiger charge is 2.43. The first-order chi connectivity index (χ1) is 11.1. The van der Waals surface area contributed by atoms with Gasteiger partial charge in [-0.15, -0.1) is 0 Å². The molecule has 0 aliphatic heterocycles. The van der Waals surface area contributed by atoms with Gasteiger partial charge in [0.2, 0.25) is 0 Å². The number of hydrogen-bond acceptors (Lipinski definition) is 3. The first kappa shape index (κ1) is 15.6. The normalized spacial score (nSPS) is 22.7. The van der Waals surface area contributed by atoms with Crippen molar-refractivity contribution in [3.8, 4) is 5.75 Å². The SMILES string of the molecule is CC(/C=N/Nc1ccccc1)C(C)C1CC1c1cccc(O)c1. The van der Waals surface area contributed by atoms with Gasteiger partial charge in [-0.2, -0.15) is 5.10 Å². The van der Waals surface area contributed by atoms with Gasteiger partial charge in [0, 0.05) is 6.21 Å². The maximum absolute atomic E-state index is 9.62. The molecule has 4 unspecified atom stereocenters. The highest BCUT2D eigenvalue weighted by Crippen LogP contribution is 2.53. The molecule has 1 fully saturated rings. The highest BCUT2D eigenvalue weighted by atomic mass is 16.3. The fourth-order valence-corrected chi connectivity index (χ4v) is 3.20. The third-order valence-electron chi connectivity index (χ3n) is 4.92. The molecule has 0 aromatic heterocycles. The summed E-state index contributed by atoms with van der Waals surface area (Å²) in [5, 5.41) is 14.0. The number of aromatic hydroxyl groups is 1. The standard InChI is InChI=1S/C20H24N2O/c1-14(13-21-22-17-8-4-3-5-9-17)15(2)19-12-20(19)16-7-6-10-18(23)11-16/h3-11,13-15,19-20,22-23H,12H2,1-2H3/b21-13+. The number of phenolic OH excluding ortho intramolecular Hbond substituents is 1. The van der Waals surface area contributed by atoms with Gasteiger partial charge in [0.05, 0.1) is 5.69 Å². The molecule has 0 saturated heterocycles. The molecule has 0 heterocycles. The van der Waals surface area contributed by atoms with Crippen molar-refractivity contribution >= 4 is 11.9 Å². The molecule has 4 atom stereocenters. The fourth-order valence-electron chi connectivity index (χ4n) is 3.20. The quantitative estimate of drug-likeness (QED) is 0.591. The third-order valence-corrected chi connectivity index (χ3v) is 4.92. The van der Waals surface area contributed by atoms with Crippen molar-refractivity contribution in [2.75, 3.05) is 5.43 Å². The van der Waals surface area contributed by atoms with E-state index in [2.05, 4.69) is 30.4 Å². The second-order valence-electron chi connectivity index (χ2n) is 6.58. The Morgan fingerprint density at radius 3 is 2.65 bits per heavy atom. The van der Waals surface area contributed by atoms with Crippen LogP contribution >= 0.6 is 0 Å². The number of hydrogen-bond donors (Lipinski definition) is 2. The zero-order valence-electron chi connectivity index (χ0n) is 13.7. The van der Waals surface area contributed by atoms with Gasteiger partial charge >= 0.3 is 0 Å². The molecule has 0 amide bonds. The van der Waals surface area contributed by atoms with Crippen LogP contribution < -0.4 is 5.43 Å². The second-order valence-corrected chi connectivity index (χ2v) is 6.58. The van der Waals surface area contributed by atoms with Crippen LogP contribution in [0.25, 0.3) is 0 Å². The van der Waals surface area contributed by atoms with E-state index in [0.717, 1.165) is 5.69 Å².